The number of allylic oxidation sites excluding steroid dienone is 4. The van der Waals surface area contributed by atoms with Crippen molar-refractivity contribution < 1.29 is 37.6 Å². The summed E-state index contributed by atoms with van der Waals surface area (Å²) in [6, 6.07) is 0. The number of unbranched alkanes of at least 4 members (excludes halogenated alkanes) is 26. The van der Waals surface area contributed by atoms with Crippen LogP contribution in [0, 0.1) is 0 Å². The molecule has 324 valence electrons. The average molecular weight is 800 g/mol. The summed E-state index contributed by atoms with van der Waals surface area (Å²) in [5.41, 5.74) is 5.35. The van der Waals surface area contributed by atoms with Gasteiger partial charge in [0.1, 0.15) is 6.61 Å². The van der Waals surface area contributed by atoms with E-state index in [2.05, 4.69) is 38.2 Å². The quantitative estimate of drug-likeness (QED) is 0.0267. The minimum Gasteiger partial charge on any atom is -0.462 e. The van der Waals surface area contributed by atoms with Crippen molar-refractivity contribution in [3.63, 3.8) is 0 Å². The predicted octanol–water partition coefficient (Wildman–Crippen LogP) is 13.2. The van der Waals surface area contributed by atoms with Gasteiger partial charge < -0.3 is 20.1 Å². The Labute approximate surface area is 338 Å². The first-order valence-electron chi connectivity index (χ1n) is 22.8. The predicted molar refractivity (Wildman–Crippen MR) is 229 cm³/mol. The standard InChI is InChI=1S/C45H86NO8P/c1-3-5-7-9-11-13-15-17-19-21-23-25-27-29-31-33-35-37-44(47)51-41-43(42-53-55(49,50)52-40-39-46)54-45(48)38-36-34-32-30-28-26-24-22-20-18-16-14-12-10-8-6-4-2/h12,14,18,20,43H,3-11,13,15-17,19,21-42,46H2,1-2H3,(H,49,50)/b14-12+,20-18+/t43-/m1/s1. The molecule has 0 rings (SSSR count). The van der Waals surface area contributed by atoms with Gasteiger partial charge in [-0.25, -0.2) is 4.57 Å². The molecule has 0 saturated heterocycles. The molecular formula is C45H86NO8P. The lowest BCUT2D eigenvalue weighted by atomic mass is 10.0. The Morgan fingerprint density at radius 2 is 0.945 bits per heavy atom. The van der Waals surface area contributed by atoms with Crippen LogP contribution in [0.5, 0.6) is 0 Å². The van der Waals surface area contributed by atoms with Gasteiger partial charge in [0.2, 0.25) is 0 Å². The van der Waals surface area contributed by atoms with Crippen molar-refractivity contribution in [2.75, 3.05) is 26.4 Å². The van der Waals surface area contributed by atoms with E-state index < -0.39 is 26.5 Å². The minimum absolute atomic E-state index is 0.0536. The molecule has 0 aromatic rings. The summed E-state index contributed by atoms with van der Waals surface area (Å²) >= 11 is 0. The van der Waals surface area contributed by atoms with Gasteiger partial charge >= 0.3 is 19.8 Å². The van der Waals surface area contributed by atoms with Gasteiger partial charge in [-0.2, -0.15) is 0 Å². The Morgan fingerprint density at radius 1 is 0.545 bits per heavy atom. The summed E-state index contributed by atoms with van der Waals surface area (Å²) in [6.45, 7) is 3.73. The van der Waals surface area contributed by atoms with E-state index in [9.17, 15) is 19.0 Å². The SMILES string of the molecule is CCCCC/C=C/C/C=C/CCCCCCCCCC(=O)O[C@H](COC(=O)CCCCCCCCCCCCCCCCCCC)COP(=O)(O)OCCN. The monoisotopic (exact) mass is 800 g/mol. The summed E-state index contributed by atoms with van der Waals surface area (Å²) < 4.78 is 32.8. The zero-order valence-corrected chi connectivity index (χ0v) is 36.6. The lowest BCUT2D eigenvalue weighted by Gasteiger charge is -2.19. The van der Waals surface area contributed by atoms with Crippen molar-refractivity contribution in [3.05, 3.63) is 24.3 Å². The topological polar surface area (TPSA) is 134 Å². The summed E-state index contributed by atoms with van der Waals surface area (Å²) in [6.07, 6.45) is 44.9. The Bertz CT molecular complexity index is 959. The van der Waals surface area contributed by atoms with E-state index in [0.717, 1.165) is 51.4 Å². The molecule has 0 spiro atoms. The maximum absolute atomic E-state index is 12.6. The highest BCUT2D eigenvalue weighted by Gasteiger charge is 2.26. The van der Waals surface area contributed by atoms with Gasteiger partial charge in [0.25, 0.3) is 0 Å². The molecule has 0 saturated carbocycles. The molecule has 0 bridgehead atoms. The second-order valence-electron chi connectivity index (χ2n) is 15.3. The van der Waals surface area contributed by atoms with Crippen molar-refractivity contribution in [2.24, 2.45) is 5.73 Å². The largest absolute Gasteiger partial charge is 0.472 e. The zero-order valence-electron chi connectivity index (χ0n) is 35.7. The maximum Gasteiger partial charge on any atom is 0.472 e. The van der Waals surface area contributed by atoms with Crippen LogP contribution in [0.3, 0.4) is 0 Å². The number of hydrogen-bond donors (Lipinski definition) is 2. The van der Waals surface area contributed by atoms with Crippen LogP contribution in [0.15, 0.2) is 24.3 Å². The second-order valence-corrected chi connectivity index (χ2v) is 16.7. The first-order valence-corrected chi connectivity index (χ1v) is 24.3. The van der Waals surface area contributed by atoms with Crippen LogP contribution in [-0.4, -0.2) is 49.3 Å². The number of nitrogens with two attached hydrogens (primary N) is 1. The Hall–Kier alpha value is -1.51. The highest BCUT2D eigenvalue weighted by molar-refractivity contribution is 7.47. The zero-order chi connectivity index (χ0) is 40.3. The van der Waals surface area contributed by atoms with E-state index >= 15 is 0 Å². The Kier molecular flexibility index (Phi) is 40.9. The summed E-state index contributed by atoms with van der Waals surface area (Å²) in [4.78, 5) is 34.9. The highest BCUT2D eigenvalue weighted by atomic mass is 31.2. The molecule has 0 aliphatic heterocycles. The molecule has 0 amide bonds. The Balaban J connectivity index is 4.11. The molecule has 0 fully saturated rings. The van der Waals surface area contributed by atoms with Crippen LogP contribution < -0.4 is 5.73 Å². The average Bonchev–Trinajstić information content (AvgIpc) is 3.17. The van der Waals surface area contributed by atoms with Crippen LogP contribution in [0.4, 0.5) is 0 Å². The lowest BCUT2D eigenvalue weighted by Crippen LogP contribution is -2.29. The van der Waals surface area contributed by atoms with Crippen molar-refractivity contribution in [3.8, 4) is 0 Å². The molecule has 9 nitrogen and oxygen atoms in total. The fourth-order valence-electron chi connectivity index (χ4n) is 6.43. The van der Waals surface area contributed by atoms with E-state index in [1.807, 2.05) is 0 Å². The molecule has 0 aliphatic carbocycles. The van der Waals surface area contributed by atoms with Crippen LogP contribution in [-0.2, 0) is 32.7 Å². The summed E-state index contributed by atoms with van der Waals surface area (Å²) in [7, 11) is -4.38. The molecule has 10 heteroatoms. The molecule has 0 aliphatic rings. The van der Waals surface area contributed by atoms with Crippen molar-refractivity contribution in [2.45, 2.75) is 225 Å². The number of esters is 2. The Morgan fingerprint density at radius 3 is 1.42 bits per heavy atom. The second kappa shape index (κ2) is 42.1. The van der Waals surface area contributed by atoms with Gasteiger partial charge in [0.05, 0.1) is 13.2 Å². The van der Waals surface area contributed by atoms with Gasteiger partial charge in [-0.3, -0.25) is 18.6 Å². The van der Waals surface area contributed by atoms with E-state index in [1.165, 1.54) is 135 Å². The van der Waals surface area contributed by atoms with E-state index in [1.54, 1.807) is 0 Å². The van der Waals surface area contributed by atoms with Crippen molar-refractivity contribution in [1.82, 2.24) is 0 Å². The molecule has 1 unspecified atom stereocenters. The third-order valence-corrected chi connectivity index (χ3v) is 10.8. The first-order chi connectivity index (χ1) is 26.8. The summed E-state index contributed by atoms with van der Waals surface area (Å²) in [5.74, 6) is -0.828. The molecular weight excluding hydrogens is 713 g/mol. The number of carbonyl (C=O) groups excluding carboxylic acids is 2. The smallest absolute Gasteiger partial charge is 0.462 e. The molecule has 0 aromatic carbocycles. The number of phosphoric ester groups is 1. The van der Waals surface area contributed by atoms with E-state index in [4.69, 9.17) is 24.3 Å². The number of rotatable bonds is 43. The molecule has 0 radical (unpaired) electrons. The lowest BCUT2D eigenvalue weighted by molar-refractivity contribution is -0.161. The number of phosphoric acid groups is 1. The van der Waals surface area contributed by atoms with Crippen LogP contribution in [0.1, 0.15) is 219 Å². The van der Waals surface area contributed by atoms with Crippen LogP contribution >= 0.6 is 7.82 Å². The van der Waals surface area contributed by atoms with Crippen LogP contribution in [0.25, 0.3) is 0 Å². The van der Waals surface area contributed by atoms with Crippen molar-refractivity contribution >= 4 is 19.8 Å². The van der Waals surface area contributed by atoms with Gasteiger partial charge in [0.15, 0.2) is 6.10 Å². The molecule has 0 heterocycles. The third-order valence-electron chi connectivity index (χ3n) is 9.84. The maximum atomic E-state index is 12.6. The van der Waals surface area contributed by atoms with Gasteiger partial charge in [-0.05, 0) is 44.9 Å². The van der Waals surface area contributed by atoms with E-state index in [0.29, 0.717) is 6.42 Å². The third kappa shape index (κ3) is 41.9. The van der Waals surface area contributed by atoms with Gasteiger partial charge in [-0.1, -0.05) is 186 Å². The highest BCUT2D eigenvalue weighted by Crippen LogP contribution is 2.43. The molecule has 3 N–H and O–H groups in total. The normalized spacial score (nSPS) is 13.5. The van der Waals surface area contributed by atoms with Gasteiger partial charge in [0, 0.05) is 19.4 Å². The van der Waals surface area contributed by atoms with Gasteiger partial charge in [-0.15, -0.1) is 0 Å². The number of hydrogen-bond acceptors (Lipinski definition) is 8. The van der Waals surface area contributed by atoms with E-state index in [-0.39, 0.29) is 38.6 Å². The minimum atomic E-state index is -4.38. The van der Waals surface area contributed by atoms with Crippen LogP contribution in [0.2, 0.25) is 0 Å². The van der Waals surface area contributed by atoms with Crippen molar-refractivity contribution in [1.29, 1.82) is 0 Å². The first kappa shape index (κ1) is 53.5. The molecule has 55 heavy (non-hydrogen) atoms. The fourth-order valence-corrected chi connectivity index (χ4v) is 7.20. The number of ether oxygens (including phenoxy) is 2. The molecule has 0 aromatic heterocycles. The number of carbonyl (C=O) groups is 2. The fraction of sp³-hybridized carbons (Fsp3) is 0.867. The molecule has 2 atom stereocenters. The summed E-state index contributed by atoms with van der Waals surface area (Å²) in [5, 5.41) is 0.